The average Bonchev–Trinajstić information content (AvgIpc) is 2.96. The zero-order chi connectivity index (χ0) is 13.8. The van der Waals surface area contributed by atoms with Crippen molar-refractivity contribution in [3.63, 3.8) is 0 Å². The lowest BCUT2D eigenvalue weighted by Crippen LogP contribution is -2.17. The van der Waals surface area contributed by atoms with Gasteiger partial charge in [0.25, 0.3) is 0 Å². The van der Waals surface area contributed by atoms with Gasteiger partial charge in [-0.25, -0.2) is 0 Å². The summed E-state index contributed by atoms with van der Waals surface area (Å²) in [5.74, 6) is 3.00. The van der Waals surface area contributed by atoms with Crippen molar-refractivity contribution in [3.8, 4) is 5.75 Å². The Bertz CT molecular complexity index is 573. The van der Waals surface area contributed by atoms with Crippen LogP contribution >= 0.6 is 11.8 Å². The molecule has 2 aromatic rings. The van der Waals surface area contributed by atoms with Crippen LogP contribution in [0.2, 0.25) is 0 Å². The average molecular weight is 291 g/mol. The number of hydrogen-bond acceptors (Lipinski definition) is 6. The van der Waals surface area contributed by atoms with Crippen LogP contribution in [0.4, 0.5) is 0 Å². The van der Waals surface area contributed by atoms with Gasteiger partial charge in [-0.2, -0.15) is 4.98 Å². The number of rotatable bonds is 5. The molecule has 0 saturated heterocycles. The lowest BCUT2D eigenvalue weighted by atomic mass is 10.3. The molecule has 0 radical (unpaired) electrons. The number of nitrogens with zero attached hydrogens (tertiary/aromatic N) is 2. The molecule has 2 heterocycles. The molecule has 6 heteroatoms. The molecule has 1 aliphatic heterocycles. The standard InChI is InChI=1S/C14H17N3O2S/c1-2-15-8-7-13-16-14(17-19-13)11-9-20-12-6-4-3-5-10(12)18-11/h3-6,11,15H,2,7-9H2,1H3. The highest BCUT2D eigenvalue weighted by Gasteiger charge is 2.25. The van der Waals surface area contributed by atoms with Gasteiger partial charge in [-0.1, -0.05) is 24.2 Å². The number of hydrogen-bond donors (Lipinski definition) is 1. The predicted octanol–water partition coefficient (Wildman–Crippen LogP) is 2.45. The molecule has 0 aliphatic carbocycles. The molecule has 0 fully saturated rings. The molecule has 1 aliphatic rings. The molecule has 3 rings (SSSR count). The third kappa shape index (κ3) is 2.96. The molecule has 0 bridgehead atoms. The van der Waals surface area contributed by atoms with Crippen molar-refractivity contribution < 1.29 is 9.26 Å². The van der Waals surface area contributed by atoms with Crippen LogP contribution in [0.3, 0.4) is 0 Å². The Kier molecular flexibility index (Phi) is 4.22. The topological polar surface area (TPSA) is 60.2 Å². The van der Waals surface area contributed by atoms with Crippen LogP contribution in [0.1, 0.15) is 24.7 Å². The fraction of sp³-hybridized carbons (Fsp3) is 0.429. The third-order valence-corrected chi connectivity index (χ3v) is 4.16. The maximum absolute atomic E-state index is 5.94. The quantitative estimate of drug-likeness (QED) is 0.854. The van der Waals surface area contributed by atoms with Gasteiger partial charge in [0.05, 0.1) is 0 Å². The minimum Gasteiger partial charge on any atom is -0.480 e. The van der Waals surface area contributed by atoms with E-state index < -0.39 is 0 Å². The molecule has 5 nitrogen and oxygen atoms in total. The summed E-state index contributed by atoms with van der Waals surface area (Å²) in [6.45, 7) is 3.87. The van der Waals surface area contributed by atoms with Crippen LogP contribution in [0.25, 0.3) is 0 Å². The van der Waals surface area contributed by atoms with E-state index in [0.29, 0.717) is 11.7 Å². The Morgan fingerprint density at radius 3 is 3.20 bits per heavy atom. The number of nitrogens with one attached hydrogen (secondary N) is 1. The summed E-state index contributed by atoms with van der Waals surface area (Å²) in [5.41, 5.74) is 0. The molecule has 0 amide bonds. The summed E-state index contributed by atoms with van der Waals surface area (Å²) in [4.78, 5) is 5.59. The molecular weight excluding hydrogens is 274 g/mol. The second-order valence-electron chi connectivity index (χ2n) is 4.51. The largest absolute Gasteiger partial charge is 0.480 e. The molecule has 1 N–H and O–H groups in total. The van der Waals surface area contributed by atoms with Crippen LogP contribution < -0.4 is 10.1 Å². The van der Waals surface area contributed by atoms with Gasteiger partial charge in [0.2, 0.25) is 11.7 Å². The van der Waals surface area contributed by atoms with Gasteiger partial charge < -0.3 is 14.6 Å². The molecule has 1 unspecified atom stereocenters. The fourth-order valence-corrected chi connectivity index (χ4v) is 3.00. The molecular formula is C14H17N3O2S. The summed E-state index contributed by atoms with van der Waals surface area (Å²) in [5, 5.41) is 7.27. The van der Waals surface area contributed by atoms with Crippen molar-refractivity contribution in [2.24, 2.45) is 0 Å². The van der Waals surface area contributed by atoms with Gasteiger partial charge in [0.1, 0.15) is 5.75 Å². The fourth-order valence-electron chi connectivity index (χ4n) is 2.02. The maximum Gasteiger partial charge on any atom is 0.228 e. The second kappa shape index (κ2) is 6.28. The summed E-state index contributed by atoms with van der Waals surface area (Å²) in [7, 11) is 0. The zero-order valence-electron chi connectivity index (χ0n) is 11.3. The van der Waals surface area contributed by atoms with E-state index in [0.717, 1.165) is 31.0 Å². The van der Waals surface area contributed by atoms with Crippen molar-refractivity contribution >= 4 is 11.8 Å². The zero-order valence-corrected chi connectivity index (χ0v) is 12.2. The van der Waals surface area contributed by atoms with E-state index in [-0.39, 0.29) is 6.10 Å². The van der Waals surface area contributed by atoms with E-state index in [1.165, 1.54) is 4.90 Å². The van der Waals surface area contributed by atoms with Crippen LogP contribution in [0.15, 0.2) is 33.7 Å². The van der Waals surface area contributed by atoms with Crippen molar-refractivity contribution in [1.29, 1.82) is 0 Å². The van der Waals surface area contributed by atoms with Crippen molar-refractivity contribution in [3.05, 3.63) is 36.0 Å². The first-order valence-electron chi connectivity index (χ1n) is 6.78. The Hall–Kier alpha value is -1.53. The first kappa shape index (κ1) is 13.5. The number of aromatic nitrogens is 2. The first-order valence-corrected chi connectivity index (χ1v) is 7.77. The van der Waals surface area contributed by atoms with Crippen LogP contribution in [-0.2, 0) is 6.42 Å². The normalized spacial score (nSPS) is 17.6. The second-order valence-corrected chi connectivity index (χ2v) is 5.58. The Balaban J connectivity index is 1.66. The van der Waals surface area contributed by atoms with Gasteiger partial charge in [0.15, 0.2) is 6.10 Å². The van der Waals surface area contributed by atoms with Gasteiger partial charge in [-0.3, -0.25) is 0 Å². The number of fused-ring (bicyclic) bond motifs is 1. The van der Waals surface area contributed by atoms with E-state index in [2.05, 4.69) is 28.4 Å². The van der Waals surface area contributed by atoms with Gasteiger partial charge in [0, 0.05) is 23.6 Å². The number of para-hydroxylation sites is 1. The molecule has 0 saturated carbocycles. The highest BCUT2D eigenvalue weighted by molar-refractivity contribution is 7.99. The summed E-state index contributed by atoms with van der Waals surface area (Å²) < 4.78 is 11.2. The summed E-state index contributed by atoms with van der Waals surface area (Å²) in [6, 6.07) is 8.03. The summed E-state index contributed by atoms with van der Waals surface area (Å²) in [6.07, 6.45) is 0.614. The van der Waals surface area contributed by atoms with E-state index in [1.54, 1.807) is 11.8 Å². The third-order valence-electron chi connectivity index (χ3n) is 3.05. The van der Waals surface area contributed by atoms with Crippen LogP contribution in [-0.4, -0.2) is 29.0 Å². The van der Waals surface area contributed by atoms with E-state index >= 15 is 0 Å². The maximum atomic E-state index is 5.94. The molecule has 1 atom stereocenters. The van der Waals surface area contributed by atoms with E-state index in [4.69, 9.17) is 9.26 Å². The molecule has 0 spiro atoms. The van der Waals surface area contributed by atoms with E-state index in [1.807, 2.05) is 18.2 Å². The monoisotopic (exact) mass is 291 g/mol. The predicted molar refractivity (Wildman–Crippen MR) is 77.1 cm³/mol. The van der Waals surface area contributed by atoms with Crippen LogP contribution in [0, 0.1) is 0 Å². The smallest absolute Gasteiger partial charge is 0.228 e. The minimum absolute atomic E-state index is 0.133. The number of ether oxygens (including phenoxy) is 1. The molecule has 20 heavy (non-hydrogen) atoms. The van der Waals surface area contributed by atoms with Gasteiger partial charge in [-0.15, -0.1) is 11.8 Å². The Morgan fingerprint density at radius 1 is 1.40 bits per heavy atom. The first-order chi connectivity index (χ1) is 9.86. The summed E-state index contributed by atoms with van der Waals surface area (Å²) >= 11 is 1.76. The minimum atomic E-state index is -0.133. The Morgan fingerprint density at radius 2 is 2.30 bits per heavy atom. The van der Waals surface area contributed by atoms with Gasteiger partial charge in [-0.05, 0) is 18.7 Å². The number of likely N-dealkylation sites (N-methyl/N-ethyl adjacent to an activating group) is 1. The van der Waals surface area contributed by atoms with Crippen LogP contribution in [0.5, 0.6) is 5.75 Å². The Labute approximate surface area is 122 Å². The molecule has 1 aromatic heterocycles. The molecule has 1 aromatic carbocycles. The van der Waals surface area contributed by atoms with E-state index in [9.17, 15) is 0 Å². The number of benzene rings is 1. The SMILES string of the molecule is CCNCCc1nc(C2CSc3ccccc3O2)no1. The lowest BCUT2D eigenvalue weighted by molar-refractivity contribution is 0.205. The molecule has 106 valence electrons. The highest BCUT2D eigenvalue weighted by atomic mass is 32.2. The van der Waals surface area contributed by atoms with Gasteiger partial charge >= 0.3 is 0 Å². The van der Waals surface area contributed by atoms with Crippen molar-refractivity contribution in [2.75, 3.05) is 18.8 Å². The number of thioether (sulfide) groups is 1. The van der Waals surface area contributed by atoms with Crippen molar-refractivity contribution in [2.45, 2.75) is 24.3 Å². The lowest BCUT2D eigenvalue weighted by Gasteiger charge is -2.22. The van der Waals surface area contributed by atoms with Crippen molar-refractivity contribution in [1.82, 2.24) is 15.5 Å². The highest BCUT2D eigenvalue weighted by Crippen LogP contribution is 2.39.